The van der Waals surface area contributed by atoms with Crippen molar-refractivity contribution in [3.05, 3.63) is 41.7 Å². The minimum atomic E-state index is -1.27. The maximum Gasteiger partial charge on any atom is 0.327 e. The topological polar surface area (TPSA) is 136 Å². The second-order valence-electron chi connectivity index (χ2n) is 12.3. The van der Waals surface area contributed by atoms with Crippen molar-refractivity contribution >= 4 is 18.0 Å². The summed E-state index contributed by atoms with van der Waals surface area (Å²) >= 11 is 0. The third kappa shape index (κ3) is 6.54. The van der Waals surface area contributed by atoms with Crippen LogP contribution in [0.4, 0.5) is 0 Å². The predicted molar refractivity (Wildman–Crippen MR) is 161 cm³/mol. The zero-order valence-electron chi connectivity index (χ0n) is 25.9. The number of benzene rings is 1. The highest BCUT2D eigenvalue weighted by molar-refractivity contribution is 5.93. The smallest absolute Gasteiger partial charge is 0.327 e. The van der Waals surface area contributed by atoms with E-state index in [9.17, 15) is 14.7 Å². The molecule has 3 N–H and O–H groups in total. The van der Waals surface area contributed by atoms with Crippen molar-refractivity contribution in [2.45, 2.75) is 114 Å². The van der Waals surface area contributed by atoms with E-state index in [0.29, 0.717) is 0 Å². The average Bonchev–Trinajstić information content (AvgIpc) is 3.57. The number of carbonyl (C=O) groups is 2. The average molecular weight is 617 g/mol. The van der Waals surface area contributed by atoms with Gasteiger partial charge in [0.05, 0.1) is 26.0 Å². The van der Waals surface area contributed by atoms with E-state index >= 15 is 0 Å². The Morgan fingerprint density at radius 3 is 2.55 bits per heavy atom. The molecule has 1 aliphatic carbocycles. The molecular weight excluding hydrogens is 568 g/mol. The van der Waals surface area contributed by atoms with E-state index in [1.807, 2.05) is 24.3 Å². The molecule has 0 radical (unpaired) electrons. The minimum Gasteiger partial charge on any atom is -0.499 e. The number of nitrogens with zero attached hydrogens (tertiary/aromatic N) is 1. The van der Waals surface area contributed by atoms with Gasteiger partial charge in [0.1, 0.15) is 36.4 Å². The summed E-state index contributed by atoms with van der Waals surface area (Å²) in [6.07, 6.45) is 8.61. The Bertz CT molecular complexity index is 1150. The zero-order chi connectivity index (χ0) is 31.2. The van der Waals surface area contributed by atoms with Gasteiger partial charge in [0.25, 0.3) is 0 Å². The van der Waals surface area contributed by atoms with Gasteiger partial charge >= 0.3 is 5.97 Å². The van der Waals surface area contributed by atoms with E-state index < -0.39 is 47.6 Å². The number of aliphatic hydroxyl groups is 2. The number of hydrogen-bond acceptors (Lipinski definition) is 10. The number of fused-ring (bicyclic) bond motifs is 4. The van der Waals surface area contributed by atoms with E-state index in [1.165, 1.54) is 6.26 Å². The molecule has 11 heteroatoms. The van der Waals surface area contributed by atoms with Crippen LogP contribution in [0.3, 0.4) is 0 Å². The second kappa shape index (κ2) is 14.7. The number of esters is 1. The van der Waals surface area contributed by atoms with Crippen molar-refractivity contribution in [3.8, 4) is 0 Å². The Morgan fingerprint density at radius 2 is 1.84 bits per heavy atom. The maximum atomic E-state index is 14.0. The molecular formula is C33H48N2O9. The van der Waals surface area contributed by atoms with Crippen molar-refractivity contribution in [2.24, 2.45) is 5.41 Å². The normalized spacial score (nSPS) is 30.4. The zero-order valence-corrected chi connectivity index (χ0v) is 25.9. The highest BCUT2D eigenvalue weighted by Crippen LogP contribution is 2.58. The molecule has 44 heavy (non-hydrogen) atoms. The lowest BCUT2D eigenvalue weighted by Gasteiger charge is -2.48. The van der Waals surface area contributed by atoms with Crippen LogP contribution < -0.4 is 5.32 Å². The third-order valence-electron chi connectivity index (χ3n) is 9.25. The molecule has 244 valence electrons. The summed E-state index contributed by atoms with van der Waals surface area (Å²) < 4.78 is 24.9. The fraction of sp³-hybridized carbons (Fsp3) is 0.697. The summed E-state index contributed by atoms with van der Waals surface area (Å²) in [5.41, 5.74) is 0.468. The van der Waals surface area contributed by atoms with E-state index in [1.54, 1.807) is 11.1 Å². The Morgan fingerprint density at radius 1 is 1.09 bits per heavy atom. The molecule has 4 fully saturated rings. The Labute approximate surface area is 259 Å². The monoisotopic (exact) mass is 616 g/mol. The summed E-state index contributed by atoms with van der Waals surface area (Å²) in [7, 11) is 0. The first-order valence-corrected chi connectivity index (χ1v) is 16.3. The third-order valence-corrected chi connectivity index (χ3v) is 9.25. The number of hydrogen-bond donors (Lipinski definition) is 3. The summed E-state index contributed by atoms with van der Waals surface area (Å²) in [6, 6.07) is 6.70. The van der Waals surface area contributed by atoms with E-state index in [2.05, 4.69) is 19.2 Å². The molecule has 0 spiro atoms. The number of unbranched alkanes of at least 4 members (excludes halogenated alkanes) is 4. The van der Waals surface area contributed by atoms with Crippen LogP contribution in [0.1, 0.15) is 82.8 Å². The van der Waals surface area contributed by atoms with Crippen molar-refractivity contribution in [1.29, 1.82) is 0 Å². The maximum absolute atomic E-state index is 14.0. The van der Waals surface area contributed by atoms with Crippen LogP contribution in [0.25, 0.3) is 6.08 Å². The molecule has 1 saturated carbocycles. The van der Waals surface area contributed by atoms with Crippen molar-refractivity contribution in [2.75, 3.05) is 26.4 Å². The largest absolute Gasteiger partial charge is 0.499 e. The molecule has 5 rings (SSSR count). The summed E-state index contributed by atoms with van der Waals surface area (Å²) in [5, 5.41) is 22.9. The van der Waals surface area contributed by atoms with Gasteiger partial charge in [-0.3, -0.25) is 14.4 Å². The van der Waals surface area contributed by atoms with Crippen LogP contribution in [0, 0.1) is 5.41 Å². The van der Waals surface area contributed by atoms with Gasteiger partial charge in [0.2, 0.25) is 5.91 Å². The van der Waals surface area contributed by atoms with Gasteiger partial charge in [-0.15, -0.1) is 0 Å². The number of hydroxylamine groups is 2. The summed E-state index contributed by atoms with van der Waals surface area (Å²) in [5.74, 6) is -1.69. The highest BCUT2D eigenvalue weighted by atomic mass is 16.8. The van der Waals surface area contributed by atoms with Gasteiger partial charge in [0.15, 0.2) is 11.8 Å². The molecule has 0 aromatic heterocycles. The van der Waals surface area contributed by atoms with Crippen molar-refractivity contribution in [1.82, 2.24) is 10.4 Å². The molecule has 3 aliphatic heterocycles. The van der Waals surface area contributed by atoms with E-state index in [-0.39, 0.29) is 45.2 Å². The van der Waals surface area contributed by atoms with Gasteiger partial charge < -0.3 is 34.5 Å². The van der Waals surface area contributed by atoms with Crippen LogP contribution in [0.5, 0.6) is 0 Å². The molecule has 3 saturated heterocycles. The summed E-state index contributed by atoms with van der Waals surface area (Å²) in [6.45, 7) is 4.53. The van der Waals surface area contributed by atoms with Gasteiger partial charge in [0, 0.05) is 25.8 Å². The summed E-state index contributed by atoms with van der Waals surface area (Å²) in [4.78, 5) is 34.4. The van der Waals surface area contributed by atoms with E-state index in [4.69, 9.17) is 28.9 Å². The fourth-order valence-electron chi connectivity index (χ4n) is 7.25. The number of amides is 1. The van der Waals surface area contributed by atoms with Crippen LogP contribution in [0.2, 0.25) is 0 Å². The van der Waals surface area contributed by atoms with Crippen LogP contribution in [-0.2, 0) is 39.9 Å². The Balaban J connectivity index is 1.45. The molecule has 6 unspecified atom stereocenters. The van der Waals surface area contributed by atoms with Gasteiger partial charge in [-0.2, -0.15) is 5.06 Å². The number of rotatable bonds is 17. The first kappa shape index (κ1) is 32.8. The SMILES string of the molecule is CCCCCC1(CCCCC)OC2C3CC4(C(=O)NCCO)C(ON(Cc5cccc(C=COCCO)c5)C4C(=O)O3)C2O1. The first-order valence-electron chi connectivity index (χ1n) is 16.3. The molecule has 4 aliphatic rings. The number of aliphatic hydroxyl groups excluding tert-OH is 2. The minimum absolute atomic E-state index is 0.0654. The standard InChI is InChI=1S/C33H48N2O9/c1-3-5-7-13-32(14-8-6-4-2)42-26-25-21-33(31(39)34-15-16-36)28(30(38)41-25)35(44-29(33)27(26)43-32)22-24-11-9-10-23(20-24)12-18-40-19-17-37/h9-12,18,20,25-29,36-37H,3-8,13-17,19,21-22H2,1-2H3,(H,34,39). The molecule has 3 heterocycles. The Hall–Kier alpha value is -2.54. The lowest BCUT2D eigenvalue weighted by Crippen LogP contribution is -2.69. The lowest BCUT2D eigenvalue weighted by atomic mass is 9.62. The van der Waals surface area contributed by atoms with Crippen molar-refractivity contribution < 1.29 is 43.6 Å². The van der Waals surface area contributed by atoms with Crippen LogP contribution in [0.15, 0.2) is 30.5 Å². The Kier molecular flexibility index (Phi) is 11.0. The van der Waals surface area contributed by atoms with Gasteiger partial charge in [-0.05, 0) is 30.0 Å². The highest BCUT2D eigenvalue weighted by Gasteiger charge is 2.76. The predicted octanol–water partition coefficient (Wildman–Crippen LogP) is 3.22. The molecule has 11 nitrogen and oxygen atoms in total. The first-order chi connectivity index (χ1) is 21.4. The molecule has 1 amide bonds. The lowest BCUT2D eigenvalue weighted by molar-refractivity contribution is -0.224. The van der Waals surface area contributed by atoms with Crippen LogP contribution in [-0.4, -0.2) is 89.8 Å². The number of ether oxygens (including phenoxy) is 4. The quantitative estimate of drug-likeness (QED) is 0.136. The van der Waals surface area contributed by atoms with Gasteiger partial charge in [-0.1, -0.05) is 63.8 Å². The van der Waals surface area contributed by atoms with E-state index in [0.717, 1.165) is 62.5 Å². The van der Waals surface area contributed by atoms with Gasteiger partial charge in [-0.25, -0.2) is 0 Å². The molecule has 1 aromatic rings. The fourth-order valence-corrected chi connectivity index (χ4v) is 7.25. The van der Waals surface area contributed by atoms with Crippen LogP contribution >= 0.6 is 0 Å². The second-order valence-corrected chi connectivity index (χ2v) is 12.3. The molecule has 2 bridgehead atoms. The van der Waals surface area contributed by atoms with Crippen molar-refractivity contribution in [3.63, 3.8) is 0 Å². The number of nitrogens with one attached hydrogen (secondary N) is 1. The molecule has 6 atom stereocenters. The number of carbonyl (C=O) groups excluding carboxylic acids is 2. The molecule has 1 aromatic carbocycles.